The Kier molecular flexibility index (Phi) is 7.08. The van der Waals surface area contributed by atoms with Crippen molar-refractivity contribution >= 4 is 80.0 Å². The van der Waals surface area contributed by atoms with Gasteiger partial charge >= 0.3 is 0 Å². The van der Waals surface area contributed by atoms with Crippen molar-refractivity contribution in [2.45, 2.75) is 28.5 Å². The van der Waals surface area contributed by atoms with Crippen LogP contribution in [0, 0.1) is 17.8 Å². The Labute approximate surface area is 264 Å². The molecule has 2 aliphatic carbocycles. The molecule has 42 heavy (non-hydrogen) atoms. The smallest absolute Gasteiger partial charge is 0.254 e. The predicted molar refractivity (Wildman–Crippen MR) is 158 cm³/mol. The maximum atomic E-state index is 14.1. The Hall–Kier alpha value is -2.79. The van der Waals surface area contributed by atoms with Crippen molar-refractivity contribution in [3.63, 3.8) is 0 Å². The van der Waals surface area contributed by atoms with Gasteiger partial charge in [-0.05, 0) is 43.0 Å². The number of nitrogens with zero attached hydrogens (tertiary/aromatic N) is 2. The average molecular weight is 699 g/mol. The highest BCUT2D eigenvalue weighted by Crippen LogP contribution is 2.67. The third kappa shape index (κ3) is 3.74. The number of allylic oxidation sites excluding steroid dienone is 2. The monoisotopic (exact) mass is 696 g/mol. The Bertz CT molecular complexity index is 1580. The zero-order valence-corrected chi connectivity index (χ0v) is 26.1. The summed E-state index contributed by atoms with van der Waals surface area (Å²) >= 11 is 23.7. The molecule has 9 nitrogen and oxygen atoms in total. The molecular weight excluding hydrogens is 675 g/mol. The number of alkyl halides is 3. The number of phenols is 1. The highest BCUT2D eigenvalue weighted by Gasteiger charge is 2.76. The van der Waals surface area contributed by atoms with Gasteiger partial charge in [-0.25, -0.2) is 0 Å². The molecule has 13 heteroatoms. The number of amides is 4. The molecule has 1 N–H and O–H groups in total. The van der Waals surface area contributed by atoms with Gasteiger partial charge in [0.25, 0.3) is 11.8 Å². The lowest BCUT2D eigenvalue weighted by Crippen LogP contribution is -2.60. The number of carbonyl (C=O) groups excluding carboxylic acids is 4. The van der Waals surface area contributed by atoms with Crippen LogP contribution in [0.5, 0.6) is 17.2 Å². The molecule has 2 aromatic carbocycles. The molecule has 0 aromatic heterocycles. The molecule has 0 radical (unpaired) electrons. The minimum Gasteiger partial charge on any atom is -0.507 e. The number of methoxy groups -OCH3 is 2. The summed E-state index contributed by atoms with van der Waals surface area (Å²) in [5, 5.41) is 11.8. The van der Waals surface area contributed by atoms with E-state index in [2.05, 4.69) is 15.9 Å². The summed E-state index contributed by atoms with van der Waals surface area (Å²) in [6, 6.07) is 9.23. The standard InChI is InChI=1S/C29H24BrCl3N2O7/c1-41-15-9-19(36)22(20(10-15)42-2)23-16-7-8-17-21(25(38)35(24(17)37)14-5-3-13(31)4-6-14)18(16)11-28(32)26(39)34(12-30)27(40)29(23,28)33/h3-7,9-10,17-18,21,23,36H,8,11-12H2,1-2H3/t17-,18+,21-,23+,28+,29-/m0/s1. The molecule has 2 heterocycles. The van der Waals surface area contributed by atoms with Crippen LogP contribution in [-0.4, -0.2) is 63.1 Å². The maximum Gasteiger partial charge on any atom is 0.254 e. The topological polar surface area (TPSA) is 113 Å². The average Bonchev–Trinajstić information content (AvgIpc) is 3.31. The first-order valence-electron chi connectivity index (χ1n) is 13.0. The minimum atomic E-state index is -2.09. The van der Waals surface area contributed by atoms with Crippen LogP contribution >= 0.6 is 50.7 Å². The largest absolute Gasteiger partial charge is 0.507 e. The molecule has 2 saturated heterocycles. The Morgan fingerprint density at radius 1 is 1.00 bits per heavy atom. The van der Waals surface area contributed by atoms with E-state index < -0.39 is 51.1 Å². The van der Waals surface area contributed by atoms with Crippen molar-refractivity contribution in [1.29, 1.82) is 0 Å². The Morgan fingerprint density at radius 2 is 1.69 bits per heavy atom. The van der Waals surface area contributed by atoms with Gasteiger partial charge in [0.1, 0.15) is 17.2 Å². The second-order valence-corrected chi connectivity index (χ2v) is 12.9. The summed E-state index contributed by atoms with van der Waals surface area (Å²) in [5.74, 6) is -5.75. The number of likely N-dealkylation sites (tertiary alicyclic amines) is 1. The first-order chi connectivity index (χ1) is 19.9. The van der Waals surface area contributed by atoms with Crippen LogP contribution in [0.25, 0.3) is 0 Å². The number of imide groups is 2. The van der Waals surface area contributed by atoms with E-state index >= 15 is 0 Å². The highest BCUT2D eigenvalue weighted by atomic mass is 79.9. The van der Waals surface area contributed by atoms with E-state index in [9.17, 15) is 24.3 Å². The van der Waals surface area contributed by atoms with Gasteiger partial charge in [0.05, 0.1) is 37.2 Å². The second-order valence-electron chi connectivity index (χ2n) is 10.7. The van der Waals surface area contributed by atoms with Crippen molar-refractivity contribution in [1.82, 2.24) is 4.90 Å². The molecule has 3 fully saturated rings. The molecular formula is C29H24BrCl3N2O7. The number of hydrogen-bond acceptors (Lipinski definition) is 7. The zero-order valence-electron chi connectivity index (χ0n) is 22.3. The third-order valence-corrected chi connectivity index (χ3v) is 11.1. The number of phenolic OH excluding ortho intramolecular Hbond substituents is 1. The number of anilines is 1. The quantitative estimate of drug-likeness (QED) is 0.203. The Morgan fingerprint density at radius 3 is 2.31 bits per heavy atom. The fourth-order valence-corrected chi connectivity index (χ4v) is 8.61. The van der Waals surface area contributed by atoms with Crippen LogP contribution in [0.1, 0.15) is 24.3 Å². The number of carbonyl (C=O) groups is 4. The van der Waals surface area contributed by atoms with Crippen molar-refractivity contribution in [2.24, 2.45) is 17.8 Å². The lowest BCUT2D eigenvalue weighted by molar-refractivity contribution is -0.138. The van der Waals surface area contributed by atoms with Crippen LogP contribution in [0.2, 0.25) is 5.02 Å². The molecule has 0 bridgehead atoms. The van der Waals surface area contributed by atoms with Gasteiger partial charge in [-0.15, -0.1) is 23.2 Å². The van der Waals surface area contributed by atoms with E-state index in [1.165, 1.54) is 26.4 Å². The molecule has 2 aromatic rings. The van der Waals surface area contributed by atoms with Crippen LogP contribution in [0.4, 0.5) is 5.69 Å². The van der Waals surface area contributed by atoms with Crippen LogP contribution in [0.3, 0.4) is 0 Å². The molecule has 4 amide bonds. The maximum absolute atomic E-state index is 14.1. The van der Waals surface area contributed by atoms with Gasteiger partial charge in [0, 0.05) is 28.6 Å². The van der Waals surface area contributed by atoms with Crippen LogP contribution in [-0.2, 0) is 19.2 Å². The normalized spacial score (nSPS) is 32.0. The summed E-state index contributed by atoms with van der Waals surface area (Å²) in [6.45, 7) is 0. The zero-order chi connectivity index (χ0) is 30.3. The second kappa shape index (κ2) is 10.1. The third-order valence-electron chi connectivity index (χ3n) is 8.94. The van der Waals surface area contributed by atoms with E-state index in [0.717, 1.165) is 9.80 Å². The number of fused-ring (bicyclic) bond motifs is 4. The minimum absolute atomic E-state index is 0.122. The molecule has 220 valence electrons. The predicted octanol–water partition coefficient (Wildman–Crippen LogP) is 4.98. The van der Waals surface area contributed by atoms with Gasteiger partial charge in [-0.2, -0.15) is 0 Å². The van der Waals surface area contributed by atoms with Crippen molar-refractivity contribution < 1.29 is 33.8 Å². The number of hydrogen-bond donors (Lipinski definition) is 1. The first kappa shape index (κ1) is 29.3. The summed E-state index contributed by atoms with van der Waals surface area (Å²) in [6.07, 6.45) is 1.78. The van der Waals surface area contributed by atoms with E-state index in [1.807, 2.05) is 0 Å². The Balaban J connectivity index is 1.56. The van der Waals surface area contributed by atoms with Gasteiger partial charge in [0.15, 0.2) is 9.75 Å². The van der Waals surface area contributed by atoms with Gasteiger partial charge in [0.2, 0.25) is 11.8 Å². The summed E-state index contributed by atoms with van der Waals surface area (Å²) in [5.41, 5.74) is 0.857. The van der Waals surface area contributed by atoms with E-state index in [1.54, 1.807) is 30.3 Å². The van der Waals surface area contributed by atoms with Gasteiger partial charge in [-0.3, -0.25) is 29.0 Å². The number of halogens is 4. The van der Waals surface area contributed by atoms with E-state index in [0.29, 0.717) is 16.3 Å². The summed E-state index contributed by atoms with van der Waals surface area (Å²) < 4.78 is 10.9. The van der Waals surface area contributed by atoms with Gasteiger partial charge < -0.3 is 14.6 Å². The van der Waals surface area contributed by atoms with Crippen molar-refractivity contribution in [2.75, 3.05) is 24.6 Å². The molecule has 0 spiro atoms. The van der Waals surface area contributed by atoms with Crippen LogP contribution < -0.4 is 14.4 Å². The fourth-order valence-electron chi connectivity index (χ4n) is 7.08. The number of ether oxygens (including phenoxy) is 2. The van der Waals surface area contributed by atoms with E-state index in [4.69, 9.17) is 44.3 Å². The van der Waals surface area contributed by atoms with E-state index in [-0.39, 0.29) is 47.0 Å². The SMILES string of the molecule is COc1cc(O)c([C@H]2C3=CC[C@@H]4C(=O)N(c5ccc(Cl)cc5)C(=O)[C@@H]4[C@@H]3C[C@@]3(Cl)C(=O)N(CBr)C(=O)[C@@]23Cl)c(OC)c1. The van der Waals surface area contributed by atoms with Gasteiger partial charge in [-0.1, -0.05) is 39.2 Å². The highest BCUT2D eigenvalue weighted by molar-refractivity contribution is 9.09. The molecule has 6 atom stereocenters. The number of aromatic hydroxyl groups is 1. The summed E-state index contributed by atoms with van der Waals surface area (Å²) in [7, 11) is 2.80. The molecule has 4 aliphatic rings. The fraction of sp³-hybridized carbons (Fsp3) is 0.379. The van der Waals surface area contributed by atoms with Crippen molar-refractivity contribution in [3.8, 4) is 17.2 Å². The van der Waals surface area contributed by atoms with Crippen molar-refractivity contribution in [3.05, 3.63) is 58.6 Å². The molecule has 6 rings (SSSR count). The molecule has 0 unspecified atom stereocenters. The lowest BCUT2D eigenvalue weighted by Gasteiger charge is -2.51. The summed E-state index contributed by atoms with van der Waals surface area (Å²) in [4.78, 5) is 53.4. The number of benzene rings is 2. The first-order valence-corrected chi connectivity index (χ1v) is 15.3. The van der Waals surface area contributed by atoms with Crippen LogP contribution in [0.15, 0.2) is 48.0 Å². The molecule has 2 aliphatic heterocycles. The lowest BCUT2D eigenvalue weighted by atomic mass is 9.56. The molecule has 1 saturated carbocycles. The number of rotatable bonds is 5.